The van der Waals surface area contributed by atoms with Crippen molar-refractivity contribution in [2.75, 3.05) is 0 Å². The molecule has 0 bridgehead atoms. The van der Waals surface area contributed by atoms with E-state index in [1.165, 1.54) is 207 Å². The molecule has 0 amide bonds. The van der Waals surface area contributed by atoms with Crippen molar-refractivity contribution in [1.82, 2.24) is 0 Å². The molecule has 0 saturated heterocycles. The second kappa shape index (κ2) is 48.0. The number of rotatable bonds is 42. The average molecular weight is 1300 g/mol. The van der Waals surface area contributed by atoms with E-state index in [9.17, 15) is 14.7 Å². The van der Waals surface area contributed by atoms with Gasteiger partial charge in [0.1, 0.15) is 17.2 Å². The molecule has 0 radical (unpaired) electrons. The van der Waals surface area contributed by atoms with E-state index < -0.39 is 17.1 Å². The van der Waals surface area contributed by atoms with Gasteiger partial charge in [0.2, 0.25) is 0 Å². The number of aryl methyl sites for hydroxylation is 3. The molecule has 3 unspecified atom stereocenters. The summed E-state index contributed by atoms with van der Waals surface area (Å²) in [5.41, 5.74) is -2.64. The van der Waals surface area contributed by atoms with Gasteiger partial charge in [0.05, 0.1) is 0 Å². The first-order valence-corrected chi connectivity index (χ1v) is 40.4. The van der Waals surface area contributed by atoms with Crippen LogP contribution in [0.4, 0.5) is 0 Å². The number of hydrogen-bond donors (Lipinski definition) is 0. The molecule has 3 aromatic rings. The van der Waals surface area contributed by atoms with Crippen molar-refractivity contribution in [2.24, 2.45) is 0 Å². The zero-order valence-electron chi connectivity index (χ0n) is 47.8. The van der Waals surface area contributed by atoms with Gasteiger partial charge in [-0.05, 0) is 129 Å². The Morgan fingerprint density at radius 1 is 0.316 bits per heavy atom. The third-order valence-corrected chi connectivity index (χ3v) is 16.2. The summed E-state index contributed by atoms with van der Waals surface area (Å²) in [6.07, 6.45) is 43.4. The summed E-state index contributed by atoms with van der Waals surface area (Å²) in [6.45, 7) is 13.4. The van der Waals surface area contributed by atoms with Gasteiger partial charge in [-0.1, -0.05) is 285 Å². The first kappa shape index (κ1) is 76.6. The third-order valence-electron chi connectivity index (χ3n) is 13.6. The van der Waals surface area contributed by atoms with E-state index in [0.717, 1.165) is 57.8 Å². The Bertz CT molecular complexity index is 1820. The molecule has 0 fully saturated rings. The Morgan fingerprint density at radius 2 is 0.500 bits per heavy atom. The largest absolute Gasteiger partial charge is 0.809 e. The van der Waals surface area contributed by atoms with Crippen molar-refractivity contribution in [1.29, 1.82) is 0 Å². The maximum absolute atomic E-state index is 11.8. The fourth-order valence-corrected chi connectivity index (χ4v) is 12.2. The van der Waals surface area contributed by atoms with Crippen LogP contribution in [0, 0.1) is 0 Å². The molecule has 0 aliphatic carbocycles. The van der Waals surface area contributed by atoms with Crippen LogP contribution in [0.3, 0.4) is 0 Å². The van der Waals surface area contributed by atoms with Crippen LogP contribution in [0.2, 0.25) is 0 Å². The molecule has 0 aliphatic rings. The molecule has 0 saturated carbocycles. The number of benzene rings is 3. The summed E-state index contributed by atoms with van der Waals surface area (Å²) in [5, 5.41) is 0. The Hall–Kier alpha value is 0.628. The molecule has 3 aromatic carbocycles. The molecule has 0 heterocycles. The fourth-order valence-electron chi connectivity index (χ4n) is 9.48. The van der Waals surface area contributed by atoms with Crippen LogP contribution in [0.25, 0.3) is 0 Å². The molecule has 3 atom stereocenters. The predicted molar refractivity (Wildman–Crippen MR) is 341 cm³/mol. The van der Waals surface area contributed by atoms with Crippen molar-refractivity contribution >= 4 is 89.2 Å². The first-order valence-electron chi connectivity index (χ1n) is 29.4. The molecule has 16 heteroatoms. The number of unbranched alkanes of at least 4 members (excludes halogenated alkanes) is 24. The van der Waals surface area contributed by atoms with Gasteiger partial charge in [0, 0.05) is 21.1 Å². The quantitative estimate of drug-likeness (QED) is 0.0234. The summed E-state index contributed by atoms with van der Waals surface area (Å²) in [7, 11) is 0. The minimum Gasteiger partial charge on any atom is -0.809 e. The van der Waals surface area contributed by atoms with Gasteiger partial charge in [-0.3, -0.25) is 0 Å². The summed E-state index contributed by atoms with van der Waals surface area (Å²) in [5.74, 6) is 1.94. The molecule has 3 rings (SSSR count). The molecule has 438 valence electrons. The SMILES string of the molecule is CCCCCCCc1cccc(OP([O-])(=S)[S-])c1CCCCCCC.CCCCCCCc1cccc(OP([O-])(=S)[S-])c1CCCCCCC.CCCCCCCc1cccc(OP([O-])(=S)[S-])c1CCCCCCC.[Mo]. The smallest absolute Gasteiger partial charge is 0.123 e. The van der Waals surface area contributed by atoms with Crippen LogP contribution in [-0.2, 0) is 132 Å². The molecule has 0 spiro atoms. The normalized spacial score (nSPS) is 13.4. The van der Waals surface area contributed by atoms with Gasteiger partial charge in [-0.25, -0.2) is 0 Å². The van der Waals surface area contributed by atoms with Crippen LogP contribution >= 0.6 is 17.1 Å². The van der Waals surface area contributed by atoms with E-state index in [-0.39, 0.29) is 21.1 Å². The summed E-state index contributed by atoms with van der Waals surface area (Å²) < 4.78 is 16.4. The molecule has 0 aromatic heterocycles. The topological polar surface area (TPSA) is 96.9 Å². The Morgan fingerprint density at radius 3 is 0.684 bits per heavy atom. The minimum absolute atomic E-state index is 0. The van der Waals surface area contributed by atoms with Gasteiger partial charge in [0.25, 0.3) is 0 Å². The fraction of sp³-hybridized carbons (Fsp3) is 0.700. The summed E-state index contributed by atoms with van der Waals surface area (Å²) >= 11 is 28.9. The van der Waals surface area contributed by atoms with Crippen LogP contribution in [-0.4, -0.2) is 0 Å². The Labute approximate surface area is 512 Å². The van der Waals surface area contributed by atoms with E-state index in [1.807, 2.05) is 36.4 Å². The van der Waals surface area contributed by atoms with Crippen LogP contribution in [0.1, 0.15) is 268 Å². The van der Waals surface area contributed by atoms with Gasteiger partial charge in [0.15, 0.2) is 0 Å². The Kier molecular flexibility index (Phi) is 48.4. The van der Waals surface area contributed by atoms with Crippen molar-refractivity contribution in [3.63, 3.8) is 0 Å². The van der Waals surface area contributed by atoms with Gasteiger partial charge in [-0.2, -0.15) is 0 Å². The predicted octanol–water partition coefficient (Wildman–Crippen LogP) is 18.7. The van der Waals surface area contributed by atoms with Crippen molar-refractivity contribution < 1.29 is 49.3 Å². The van der Waals surface area contributed by atoms with Crippen molar-refractivity contribution in [3.8, 4) is 17.2 Å². The van der Waals surface area contributed by atoms with E-state index in [4.69, 9.17) is 85.7 Å². The molecular weight excluding hydrogens is 1200 g/mol. The molecule has 0 N–H and O–H groups in total. The molecule has 76 heavy (non-hydrogen) atoms. The molecule has 0 aliphatic heterocycles. The molecular formula is C60H99MoO6P3S6-6. The zero-order chi connectivity index (χ0) is 55.6. The maximum Gasteiger partial charge on any atom is 0.123 e. The van der Waals surface area contributed by atoms with Crippen LogP contribution in [0.15, 0.2) is 54.6 Å². The zero-order valence-corrected chi connectivity index (χ0v) is 57.4. The van der Waals surface area contributed by atoms with E-state index in [0.29, 0.717) is 17.2 Å². The van der Waals surface area contributed by atoms with Gasteiger partial charge < -0.3 is 65.0 Å². The van der Waals surface area contributed by atoms with Crippen molar-refractivity contribution in [3.05, 3.63) is 88.0 Å². The third kappa shape index (κ3) is 40.8. The first-order chi connectivity index (χ1) is 35.9. The van der Waals surface area contributed by atoms with E-state index in [2.05, 4.69) is 59.7 Å². The minimum atomic E-state index is -3.36. The monoisotopic (exact) mass is 1300 g/mol. The molecule has 6 nitrogen and oxygen atoms in total. The van der Waals surface area contributed by atoms with Crippen LogP contribution < -0.4 is 28.3 Å². The second-order valence-corrected chi connectivity index (χ2v) is 34.2. The average Bonchev–Trinajstić information content (AvgIpc) is 3.34. The summed E-state index contributed by atoms with van der Waals surface area (Å²) in [6, 6.07) is 18.0. The Balaban J connectivity index is 0.00000110. The van der Waals surface area contributed by atoms with Crippen molar-refractivity contribution in [2.45, 2.75) is 273 Å². The van der Waals surface area contributed by atoms with Crippen LogP contribution in [0.5, 0.6) is 17.2 Å². The summed E-state index contributed by atoms with van der Waals surface area (Å²) in [4.78, 5) is 35.4. The second-order valence-electron chi connectivity index (χ2n) is 20.3. The standard InChI is InChI=1S/3C20H35O2PS2.Mo/c3*1-3-5-7-9-11-14-18-15-13-17-20(22-23(21,24)25)19(18)16-12-10-8-6-4-2;/h3*13,15,17H,3-12,14,16H2,1-2H3,(H2,21,24,25);/p-6. The number of hydrogen-bond acceptors (Lipinski definition) is 12. The van der Waals surface area contributed by atoms with E-state index in [1.54, 1.807) is 0 Å². The van der Waals surface area contributed by atoms with E-state index >= 15 is 0 Å². The van der Waals surface area contributed by atoms with Gasteiger partial charge in [-0.15, -0.1) is 0 Å². The van der Waals surface area contributed by atoms with Gasteiger partial charge >= 0.3 is 0 Å². The maximum atomic E-state index is 11.8.